The summed E-state index contributed by atoms with van der Waals surface area (Å²) in [6, 6.07) is 7.73. The van der Waals surface area contributed by atoms with Gasteiger partial charge in [-0.3, -0.25) is 23.7 Å². The Bertz CT molecular complexity index is 1360. The average Bonchev–Trinajstić information content (AvgIpc) is 3.07. The van der Waals surface area contributed by atoms with Crippen molar-refractivity contribution in [2.45, 2.75) is 82.9 Å². The fourth-order valence-electron chi connectivity index (χ4n) is 3.81. The number of aromatic amines is 1. The SMILES string of the molecule is C[C@H](NP(=O)(OC[C@H]1O[C@@H](n2ccc(=O)[nH]c2=O)[C@](C)(F)[C@@H]1O[Si](C)(C)C(C)(C)C)Oc1ccccc1)C(=O)O. The number of hydrogen-bond donors (Lipinski definition) is 3. The van der Waals surface area contributed by atoms with Gasteiger partial charge in [-0.2, -0.15) is 5.09 Å². The predicted octanol–water partition coefficient (Wildman–Crippen LogP) is 3.82. The second-order valence-corrected chi connectivity index (χ2v) is 17.8. The number of hydrogen-bond acceptors (Lipinski definition) is 8. The van der Waals surface area contributed by atoms with Crippen LogP contribution in [-0.2, 0) is 23.0 Å². The van der Waals surface area contributed by atoms with Gasteiger partial charge in [-0.25, -0.2) is 13.8 Å². The number of ether oxygens (including phenoxy) is 1. The quantitative estimate of drug-likeness (QED) is 0.255. The van der Waals surface area contributed by atoms with E-state index < -0.39 is 70.0 Å². The molecule has 15 heteroatoms. The maximum Gasteiger partial charge on any atom is 0.459 e. The number of carboxylic acids is 1. The lowest BCUT2D eigenvalue weighted by atomic mass is 9.98. The first-order valence-corrected chi connectivity index (χ1v) is 17.1. The highest BCUT2D eigenvalue weighted by Gasteiger charge is 2.59. The van der Waals surface area contributed by atoms with Crippen LogP contribution >= 0.6 is 7.75 Å². The number of alkyl halides is 1. The van der Waals surface area contributed by atoms with Crippen molar-refractivity contribution >= 4 is 22.0 Å². The third-order valence-electron chi connectivity index (χ3n) is 7.11. The van der Waals surface area contributed by atoms with Crippen LogP contribution in [0.2, 0.25) is 18.1 Å². The first kappa shape index (κ1) is 31.9. The maximum absolute atomic E-state index is 16.6. The molecule has 222 valence electrons. The van der Waals surface area contributed by atoms with Gasteiger partial charge in [0.25, 0.3) is 5.56 Å². The number of aromatic nitrogens is 2. The normalized spacial score (nSPS) is 25.8. The second kappa shape index (κ2) is 11.7. The van der Waals surface area contributed by atoms with Crippen molar-refractivity contribution < 1.29 is 37.1 Å². The topological polar surface area (TPSA) is 158 Å². The Labute approximate surface area is 232 Å². The Morgan fingerprint density at radius 3 is 2.45 bits per heavy atom. The number of para-hydroxylation sites is 1. The van der Waals surface area contributed by atoms with Crippen LogP contribution in [0.15, 0.2) is 52.2 Å². The number of H-pyrrole nitrogens is 1. The number of rotatable bonds is 11. The predicted molar refractivity (Wildman–Crippen MR) is 148 cm³/mol. The maximum atomic E-state index is 16.6. The minimum atomic E-state index is -4.36. The van der Waals surface area contributed by atoms with E-state index in [9.17, 15) is 24.1 Å². The summed E-state index contributed by atoms with van der Waals surface area (Å²) in [5.74, 6) is -1.16. The summed E-state index contributed by atoms with van der Waals surface area (Å²) in [6.07, 6.45) is -2.90. The van der Waals surface area contributed by atoms with Gasteiger partial charge in [-0.15, -0.1) is 0 Å². The van der Waals surface area contributed by atoms with E-state index in [1.165, 1.54) is 26.0 Å². The van der Waals surface area contributed by atoms with Gasteiger partial charge in [0.15, 0.2) is 20.2 Å². The van der Waals surface area contributed by atoms with Crippen LogP contribution in [0.25, 0.3) is 0 Å². The summed E-state index contributed by atoms with van der Waals surface area (Å²) >= 11 is 0. The van der Waals surface area contributed by atoms with E-state index in [1.807, 2.05) is 33.9 Å². The Hall–Kier alpha value is -2.61. The minimum absolute atomic E-state index is 0.144. The van der Waals surface area contributed by atoms with Gasteiger partial charge in [0.05, 0.1) is 6.61 Å². The molecule has 0 bridgehead atoms. The molecule has 2 heterocycles. The second-order valence-electron chi connectivity index (χ2n) is 11.4. The zero-order valence-corrected chi connectivity index (χ0v) is 25.4. The van der Waals surface area contributed by atoms with E-state index in [4.69, 9.17) is 18.2 Å². The molecule has 0 amide bonds. The van der Waals surface area contributed by atoms with Gasteiger partial charge < -0.3 is 18.8 Å². The minimum Gasteiger partial charge on any atom is -0.480 e. The average molecular weight is 602 g/mol. The Morgan fingerprint density at radius 1 is 1.27 bits per heavy atom. The zero-order valence-electron chi connectivity index (χ0n) is 23.5. The molecule has 40 heavy (non-hydrogen) atoms. The van der Waals surface area contributed by atoms with Crippen LogP contribution in [0.4, 0.5) is 4.39 Å². The highest BCUT2D eigenvalue weighted by atomic mass is 31.2. The molecule has 1 unspecified atom stereocenters. The molecule has 0 saturated carbocycles. The molecular weight excluding hydrogens is 564 g/mol. The van der Waals surface area contributed by atoms with E-state index >= 15 is 4.39 Å². The molecule has 0 spiro atoms. The van der Waals surface area contributed by atoms with E-state index in [-0.39, 0.29) is 10.8 Å². The standard InChI is InChI=1S/C25H37FN3O9PSi/c1-16(21(31)32)28-39(34,37-17-11-9-8-10-12-17)35-15-18-20(38-40(6,7)24(2,3)4)25(5,26)22(36-18)29-14-13-19(30)27-23(29)33/h8-14,16,18,20,22H,15H2,1-7H3,(H,28,34)(H,31,32)(H,27,30,33)/t16-,18+,20+,22+,25+,39?/m0/s1. The number of carboxylic acid groups (broad SMARTS) is 1. The Morgan fingerprint density at radius 2 is 1.90 bits per heavy atom. The lowest BCUT2D eigenvalue weighted by Gasteiger charge is -2.41. The van der Waals surface area contributed by atoms with E-state index in [0.717, 1.165) is 16.8 Å². The number of benzene rings is 1. The highest BCUT2D eigenvalue weighted by Crippen LogP contribution is 2.50. The molecule has 2 aromatic rings. The molecule has 1 fully saturated rings. The van der Waals surface area contributed by atoms with Gasteiger partial charge in [-0.1, -0.05) is 39.0 Å². The molecule has 0 radical (unpaired) electrons. The third-order valence-corrected chi connectivity index (χ3v) is 13.2. The monoisotopic (exact) mass is 601 g/mol. The number of carbonyl (C=O) groups is 1. The van der Waals surface area contributed by atoms with E-state index in [0.29, 0.717) is 0 Å². The van der Waals surface area contributed by atoms with Gasteiger partial charge in [0.1, 0.15) is 24.0 Å². The van der Waals surface area contributed by atoms with Crippen molar-refractivity contribution in [1.29, 1.82) is 0 Å². The number of halogens is 1. The van der Waals surface area contributed by atoms with Crippen LogP contribution in [-0.4, -0.2) is 59.5 Å². The van der Waals surface area contributed by atoms with Gasteiger partial charge in [0.2, 0.25) is 0 Å². The van der Waals surface area contributed by atoms with Crippen LogP contribution in [0.1, 0.15) is 40.8 Å². The lowest BCUT2D eigenvalue weighted by molar-refractivity contribution is -0.138. The van der Waals surface area contributed by atoms with Crippen LogP contribution in [0, 0.1) is 0 Å². The summed E-state index contributed by atoms with van der Waals surface area (Å²) in [5, 5.41) is 11.4. The zero-order chi connectivity index (χ0) is 30.1. The smallest absolute Gasteiger partial charge is 0.459 e. The third kappa shape index (κ3) is 7.17. The Balaban J connectivity index is 1.98. The van der Waals surface area contributed by atoms with Crippen LogP contribution in [0.5, 0.6) is 5.75 Å². The molecule has 1 saturated heterocycles. The number of nitrogens with zero attached hydrogens (tertiary/aromatic N) is 1. The summed E-state index contributed by atoms with van der Waals surface area (Å²) in [6.45, 7) is 11.7. The fraction of sp³-hybridized carbons (Fsp3) is 0.560. The van der Waals surface area contributed by atoms with Gasteiger partial charge in [-0.05, 0) is 44.1 Å². The number of aliphatic carboxylic acids is 1. The molecular formula is C25H37FN3O9PSi. The summed E-state index contributed by atoms with van der Waals surface area (Å²) in [4.78, 5) is 37.7. The molecule has 1 aromatic carbocycles. The molecule has 1 aliphatic rings. The molecule has 12 nitrogen and oxygen atoms in total. The highest BCUT2D eigenvalue weighted by molar-refractivity contribution is 7.52. The van der Waals surface area contributed by atoms with Crippen molar-refractivity contribution in [3.05, 3.63) is 63.4 Å². The molecule has 1 aromatic heterocycles. The van der Waals surface area contributed by atoms with Crippen molar-refractivity contribution in [2.75, 3.05) is 6.61 Å². The van der Waals surface area contributed by atoms with Crippen molar-refractivity contribution in [3.8, 4) is 5.75 Å². The fourth-order valence-corrected chi connectivity index (χ4v) is 6.69. The molecule has 6 atom stereocenters. The van der Waals surface area contributed by atoms with Crippen molar-refractivity contribution in [1.82, 2.24) is 14.6 Å². The molecule has 0 aliphatic carbocycles. The van der Waals surface area contributed by atoms with Crippen LogP contribution < -0.4 is 20.9 Å². The summed E-state index contributed by atoms with van der Waals surface area (Å²) < 4.78 is 54.9. The first-order chi connectivity index (χ1) is 18.4. The first-order valence-electron chi connectivity index (χ1n) is 12.7. The summed E-state index contributed by atoms with van der Waals surface area (Å²) in [5.41, 5.74) is -3.85. The molecule has 1 aliphatic heterocycles. The van der Waals surface area contributed by atoms with Crippen molar-refractivity contribution in [3.63, 3.8) is 0 Å². The summed E-state index contributed by atoms with van der Waals surface area (Å²) in [7, 11) is -7.00. The molecule has 3 rings (SSSR count). The van der Waals surface area contributed by atoms with Crippen molar-refractivity contribution in [2.24, 2.45) is 0 Å². The van der Waals surface area contributed by atoms with E-state index in [1.54, 1.807) is 18.2 Å². The van der Waals surface area contributed by atoms with Gasteiger partial charge in [0, 0.05) is 12.3 Å². The lowest BCUT2D eigenvalue weighted by Crippen LogP contribution is -2.53. The molecule has 3 N–H and O–H groups in total. The van der Waals surface area contributed by atoms with Gasteiger partial charge >= 0.3 is 19.4 Å². The van der Waals surface area contributed by atoms with E-state index in [2.05, 4.69) is 10.1 Å². The number of nitrogens with one attached hydrogen (secondary N) is 2. The Kier molecular flexibility index (Phi) is 9.34. The largest absolute Gasteiger partial charge is 0.480 e. The van der Waals surface area contributed by atoms with Crippen LogP contribution in [0.3, 0.4) is 0 Å².